The Hall–Kier alpha value is -1.26. The summed E-state index contributed by atoms with van der Waals surface area (Å²) in [5, 5.41) is 12.9. The summed E-state index contributed by atoms with van der Waals surface area (Å²) < 4.78 is 5.06. The van der Waals surface area contributed by atoms with Crippen molar-refractivity contribution in [2.75, 3.05) is 13.7 Å². The molecule has 0 aliphatic heterocycles. The Morgan fingerprint density at radius 2 is 2.16 bits per heavy atom. The summed E-state index contributed by atoms with van der Waals surface area (Å²) >= 11 is 5.89. The number of benzene rings is 1. The van der Waals surface area contributed by atoms with Crippen LogP contribution in [0, 0.1) is 5.92 Å². The zero-order valence-electron chi connectivity index (χ0n) is 11.4. The van der Waals surface area contributed by atoms with E-state index in [1.165, 1.54) is 7.11 Å². The largest absolute Gasteiger partial charge is 0.495 e. The van der Waals surface area contributed by atoms with Gasteiger partial charge in [0.1, 0.15) is 5.75 Å². The highest BCUT2D eigenvalue weighted by molar-refractivity contribution is 6.32. The minimum Gasteiger partial charge on any atom is -0.495 e. The number of aliphatic hydroxyl groups is 1. The summed E-state index contributed by atoms with van der Waals surface area (Å²) in [6.07, 6.45) is 0.133. The van der Waals surface area contributed by atoms with Crippen molar-refractivity contribution in [1.82, 2.24) is 5.32 Å². The fourth-order valence-corrected chi connectivity index (χ4v) is 1.76. The van der Waals surface area contributed by atoms with Gasteiger partial charge in [0.2, 0.25) is 0 Å². The number of rotatable bonds is 6. The molecule has 1 atom stereocenters. The van der Waals surface area contributed by atoms with Crippen LogP contribution in [0.1, 0.15) is 30.6 Å². The van der Waals surface area contributed by atoms with Crippen LogP contribution in [-0.4, -0.2) is 30.8 Å². The lowest BCUT2D eigenvalue weighted by Gasteiger charge is -2.14. The summed E-state index contributed by atoms with van der Waals surface area (Å²) in [6.45, 7) is 4.32. The van der Waals surface area contributed by atoms with Gasteiger partial charge in [0, 0.05) is 12.1 Å². The quantitative estimate of drug-likeness (QED) is 0.844. The first-order chi connectivity index (χ1) is 8.95. The van der Waals surface area contributed by atoms with Gasteiger partial charge in [0.05, 0.1) is 18.2 Å². The van der Waals surface area contributed by atoms with Crippen molar-refractivity contribution in [3.05, 3.63) is 28.8 Å². The van der Waals surface area contributed by atoms with Gasteiger partial charge in [-0.1, -0.05) is 25.4 Å². The van der Waals surface area contributed by atoms with Gasteiger partial charge in [0.25, 0.3) is 5.91 Å². The molecule has 1 amide bonds. The molecule has 0 saturated carbocycles. The van der Waals surface area contributed by atoms with Gasteiger partial charge in [-0.2, -0.15) is 0 Å². The van der Waals surface area contributed by atoms with Crippen LogP contribution in [0.3, 0.4) is 0 Å². The monoisotopic (exact) mass is 285 g/mol. The molecule has 1 aromatic carbocycles. The van der Waals surface area contributed by atoms with Crippen molar-refractivity contribution in [2.45, 2.75) is 26.4 Å². The van der Waals surface area contributed by atoms with E-state index in [2.05, 4.69) is 5.32 Å². The number of hydrogen-bond donors (Lipinski definition) is 2. The molecule has 0 radical (unpaired) electrons. The second kappa shape index (κ2) is 7.36. The Labute approximate surface area is 118 Å². The zero-order valence-corrected chi connectivity index (χ0v) is 12.2. The van der Waals surface area contributed by atoms with Gasteiger partial charge in [-0.25, -0.2) is 0 Å². The molecule has 4 nitrogen and oxygen atoms in total. The molecule has 1 rings (SSSR count). The molecule has 0 fully saturated rings. The minimum atomic E-state index is -0.403. The van der Waals surface area contributed by atoms with Crippen molar-refractivity contribution < 1.29 is 14.6 Å². The van der Waals surface area contributed by atoms with Crippen molar-refractivity contribution in [3.8, 4) is 5.75 Å². The third-order valence-electron chi connectivity index (χ3n) is 2.91. The summed E-state index contributed by atoms with van der Waals surface area (Å²) in [7, 11) is 1.50. The van der Waals surface area contributed by atoms with Crippen LogP contribution in [0.2, 0.25) is 5.02 Å². The van der Waals surface area contributed by atoms with Crippen LogP contribution in [0.15, 0.2) is 18.2 Å². The fourth-order valence-electron chi connectivity index (χ4n) is 1.57. The fraction of sp³-hybridized carbons (Fsp3) is 0.500. The topological polar surface area (TPSA) is 58.6 Å². The average molecular weight is 286 g/mol. The molecule has 5 heteroatoms. The van der Waals surface area contributed by atoms with Gasteiger partial charge in [-0.3, -0.25) is 4.79 Å². The highest BCUT2D eigenvalue weighted by atomic mass is 35.5. The van der Waals surface area contributed by atoms with Gasteiger partial charge in [-0.05, 0) is 30.5 Å². The third kappa shape index (κ3) is 4.73. The van der Waals surface area contributed by atoms with E-state index in [1.807, 2.05) is 13.8 Å². The van der Waals surface area contributed by atoms with E-state index in [1.54, 1.807) is 18.2 Å². The molecule has 0 heterocycles. The molecule has 1 unspecified atom stereocenters. The molecule has 19 heavy (non-hydrogen) atoms. The van der Waals surface area contributed by atoms with Crippen LogP contribution in [-0.2, 0) is 0 Å². The van der Waals surface area contributed by atoms with Crippen molar-refractivity contribution in [2.24, 2.45) is 5.92 Å². The highest BCUT2D eigenvalue weighted by Gasteiger charge is 2.11. The molecule has 2 N–H and O–H groups in total. The van der Waals surface area contributed by atoms with Crippen LogP contribution in [0.5, 0.6) is 5.75 Å². The molecule has 0 bridgehead atoms. The molecule has 0 aliphatic rings. The SMILES string of the molecule is COc1cc(C(=O)NCCC(O)C(C)C)ccc1Cl. The number of carbonyl (C=O) groups is 1. The first kappa shape index (κ1) is 15.8. The van der Waals surface area contributed by atoms with E-state index < -0.39 is 6.10 Å². The molecule has 0 spiro atoms. The van der Waals surface area contributed by atoms with Crippen LogP contribution in [0.25, 0.3) is 0 Å². The number of amides is 1. The smallest absolute Gasteiger partial charge is 0.251 e. The average Bonchev–Trinajstić information content (AvgIpc) is 2.38. The molecule has 0 aromatic heterocycles. The first-order valence-electron chi connectivity index (χ1n) is 6.25. The standard InChI is InChI=1S/C14H20ClNO3/c1-9(2)12(17)6-7-16-14(18)10-4-5-11(15)13(8-10)19-3/h4-5,8-9,12,17H,6-7H2,1-3H3,(H,16,18). The van der Waals surface area contributed by atoms with Gasteiger partial charge in [-0.15, -0.1) is 0 Å². The molecule has 106 valence electrons. The summed E-state index contributed by atoms with van der Waals surface area (Å²) in [5.41, 5.74) is 0.486. The van der Waals surface area contributed by atoms with Gasteiger partial charge < -0.3 is 15.2 Å². The van der Waals surface area contributed by atoms with E-state index in [9.17, 15) is 9.90 Å². The number of hydrogen-bond acceptors (Lipinski definition) is 3. The zero-order chi connectivity index (χ0) is 14.4. The number of methoxy groups -OCH3 is 1. The van der Waals surface area contributed by atoms with Gasteiger partial charge in [0.15, 0.2) is 0 Å². The first-order valence-corrected chi connectivity index (χ1v) is 6.63. The lowest BCUT2D eigenvalue weighted by atomic mass is 10.0. The van der Waals surface area contributed by atoms with E-state index in [0.29, 0.717) is 29.3 Å². The number of aliphatic hydroxyl groups excluding tert-OH is 1. The molecular weight excluding hydrogens is 266 g/mol. The Morgan fingerprint density at radius 1 is 1.47 bits per heavy atom. The van der Waals surface area contributed by atoms with Crippen LogP contribution >= 0.6 is 11.6 Å². The summed E-state index contributed by atoms with van der Waals surface area (Å²) in [5.74, 6) is 0.454. The predicted octanol–water partition coefficient (Wildman–Crippen LogP) is 2.49. The molecular formula is C14H20ClNO3. The maximum atomic E-state index is 11.9. The Balaban J connectivity index is 2.54. The van der Waals surface area contributed by atoms with Gasteiger partial charge >= 0.3 is 0 Å². The van der Waals surface area contributed by atoms with Crippen molar-refractivity contribution in [1.29, 1.82) is 0 Å². The van der Waals surface area contributed by atoms with E-state index in [0.717, 1.165) is 0 Å². The Morgan fingerprint density at radius 3 is 2.74 bits per heavy atom. The minimum absolute atomic E-state index is 0.188. The predicted molar refractivity (Wildman–Crippen MR) is 75.8 cm³/mol. The summed E-state index contributed by atoms with van der Waals surface area (Å²) in [4.78, 5) is 11.9. The Kier molecular flexibility index (Phi) is 6.12. The lowest BCUT2D eigenvalue weighted by Crippen LogP contribution is -2.28. The maximum Gasteiger partial charge on any atom is 0.251 e. The van der Waals surface area contributed by atoms with Crippen molar-refractivity contribution >= 4 is 17.5 Å². The van der Waals surface area contributed by atoms with Crippen LogP contribution in [0.4, 0.5) is 0 Å². The van der Waals surface area contributed by atoms with Crippen LogP contribution < -0.4 is 10.1 Å². The molecule has 0 aliphatic carbocycles. The van der Waals surface area contributed by atoms with E-state index >= 15 is 0 Å². The molecule has 1 aromatic rings. The third-order valence-corrected chi connectivity index (χ3v) is 3.22. The summed E-state index contributed by atoms with van der Waals surface area (Å²) in [6, 6.07) is 4.86. The van der Waals surface area contributed by atoms with E-state index in [4.69, 9.17) is 16.3 Å². The second-order valence-corrected chi connectivity index (χ2v) is 5.11. The number of carbonyl (C=O) groups excluding carboxylic acids is 1. The second-order valence-electron chi connectivity index (χ2n) is 4.71. The molecule has 0 saturated heterocycles. The highest BCUT2D eigenvalue weighted by Crippen LogP contribution is 2.24. The lowest BCUT2D eigenvalue weighted by molar-refractivity contribution is 0.0920. The van der Waals surface area contributed by atoms with E-state index in [-0.39, 0.29) is 11.8 Å². The number of nitrogens with one attached hydrogen (secondary N) is 1. The Bertz CT molecular complexity index is 435. The number of halogens is 1. The maximum absolute atomic E-state index is 11.9. The normalized spacial score (nSPS) is 12.3. The van der Waals surface area contributed by atoms with Crippen molar-refractivity contribution in [3.63, 3.8) is 0 Å². The number of ether oxygens (including phenoxy) is 1.